The number of carbonyl (C=O) groups excluding carboxylic acids is 2. The number of primary amides is 1. The predicted molar refractivity (Wildman–Crippen MR) is 164 cm³/mol. The van der Waals surface area contributed by atoms with Crippen molar-refractivity contribution in [3.05, 3.63) is 83.4 Å². The molecule has 0 saturated carbocycles. The van der Waals surface area contributed by atoms with E-state index in [9.17, 15) is 40.7 Å². The van der Waals surface area contributed by atoms with Crippen molar-refractivity contribution in [2.75, 3.05) is 32.6 Å². The molecule has 5 rings (SSSR count). The van der Waals surface area contributed by atoms with E-state index in [1.54, 1.807) is 12.1 Å². The highest BCUT2D eigenvalue weighted by atomic mass is 32.2. The number of pyridine rings is 2. The van der Waals surface area contributed by atoms with E-state index in [4.69, 9.17) is 15.2 Å². The van der Waals surface area contributed by atoms with Crippen LogP contribution in [0.15, 0.2) is 60.8 Å². The Balaban J connectivity index is 1.51. The summed E-state index contributed by atoms with van der Waals surface area (Å²) >= 11 is 0. The standard InChI is InChI=1S/C31H29F4N5O7S/c1-29(28(36)42)16-47-26-21(29)14-23(40-25(26)17-5-7-20(32)8-6-17)30(43,31(33,34)35)15-38-27(41)19-12-18-4-3-9-37-24(18)22(13-19)46-11-10-39-48(2,44)45/h3-9,12-14,39,43H,10-11,15-16H2,1-2H3,(H2,36,42)(H,38,41)/t29-,30-/m0/s1. The number of benzene rings is 2. The second-order valence-electron chi connectivity index (χ2n) is 11.3. The van der Waals surface area contributed by atoms with Crippen LogP contribution in [0.25, 0.3) is 22.2 Å². The number of halogens is 4. The summed E-state index contributed by atoms with van der Waals surface area (Å²) in [7, 11) is -3.51. The summed E-state index contributed by atoms with van der Waals surface area (Å²) in [6, 6.07) is 11.1. The average molecular weight is 692 g/mol. The molecule has 254 valence electrons. The van der Waals surface area contributed by atoms with E-state index < -0.39 is 57.1 Å². The predicted octanol–water partition coefficient (Wildman–Crippen LogP) is 2.68. The lowest BCUT2D eigenvalue weighted by Crippen LogP contribution is -2.51. The lowest BCUT2D eigenvalue weighted by Gasteiger charge is -2.31. The second-order valence-corrected chi connectivity index (χ2v) is 13.2. The first-order valence-electron chi connectivity index (χ1n) is 14.2. The Morgan fingerprint density at radius 3 is 2.50 bits per heavy atom. The third-order valence-electron chi connectivity index (χ3n) is 7.79. The molecule has 3 heterocycles. The number of aliphatic hydroxyl groups is 1. The zero-order valence-corrected chi connectivity index (χ0v) is 26.2. The van der Waals surface area contributed by atoms with Crippen LogP contribution in [0.1, 0.15) is 28.5 Å². The summed E-state index contributed by atoms with van der Waals surface area (Å²) in [4.78, 5) is 34.0. The molecule has 48 heavy (non-hydrogen) atoms. The van der Waals surface area contributed by atoms with Gasteiger partial charge in [0, 0.05) is 34.8 Å². The van der Waals surface area contributed by atoms with Gasteiger partial charge in [0.05, 0.1) is 18.5 Å². The van der Waals surface area contributed by atoms with Crippen LogP contribution in [-0.4, -0.2) is 74.0 Å². The molecule has 0 radical (unpaired) electrons. The summed E-state index contributed by atoms with van der Waals surface area (Å²) in [6.45, 7) is -0.664. The van der Waals surface area contributed by atoms with Crippen LogP contribution in [0, 0.1) is 5.82 Å². The highest BCUT2D eigenvalue weighted by Gasteiger charge is 2.57. The minimum Gasteiger partial charge on any atom is -0.490 e. The minimum atomic E-state index is -5.42. The number of hydrogen-bond donors (Lipinski definition) is 4. The van der Waals surface area contributed by atoms with E-state index in [0.29, 0.717) is 10.9 Å². The molecule has 4 aromatic rings. The Morgan fingerprint density at radius 1 is 1.15 bits per heavy atom. The molecular weight excluding hydrogens is 662 g/mol. The normalized spacial score (nSPS) is 17.3. The van der Waals surface area contributed by atoms with Crippen molar-refractivity contribution in [1.29, 1.82) is 0 Å². The first kappa shape index (κ1) is 34.5. The number of nitrogens with one attached hydrogen (secondary N) is 2. The fourth-order valence-corrected chi connectivity index (χ4v) is 5.49. The smallest absolute Gasteiger partial charge is 0.424 e. The molecule has 2 amide bonds. The zero-order chi connectivity index (χ0) is 35.1. The summed E-state index contributed by atoms with van der Waals surface area (Å²) in [6.07, 6.45) is -3.01. The second kappa shape index (κ2) is 12.6. The summed E-state index contributed by atoms with van der Waals surface area (Å²) in [5, 5.41) is 13.8. The zero-order valence-electron chi connectivity index (χ0n) is 25.4. The Labute approximate surface area is 271 Å². The number of amides is 2. The first-order chi connectivity index (χ1) is 22.4. The third-order valence-corrected chi connectivity index (χ3v) is 8.52. The number of nitrogens with two attached hydrogens (primary N) is 1. The van der Waals surface area contributed by atoms with Crippen LogP contribution < -0.4 is 25.2 Å². The van der Waals surface area contributed by atoms with Crippen molar-refractivity contribution in [3.63, 3.8) is 0 Å². The van der Waals surface area contributed by atoms with Gasteiger partial charge in [-0.3, -0.25) is 14.6 Å². The van der Waals surface area contributed by atoms with Gasteiger partial charge in [-0.05, 0) is 55.5 Å². The highest BCUT2D eigenvalue weighted by molar-refractivity contribution is 7.88. The molecule has 17 heteroatoms. The fourth-order valence-electron chi connectivity index (χ4n) is 5.04. The maximum atomic E-state index is 14.8. The van der Waals surface area contributed by atoms with Gasteiger partial charge in [0.25, 0.3) is 5.91 Å². The van der Waals surface area contributed by atoms with E-state index >= 15 is 0 Å². The van der Waals surface area contributed by atoms with E-state index in [1.165, 1.54) is 37.4 Å². The van der Waals surface area contributed by atoms with Crippen molar-refractivity contribution >= 4 is 32.7 Å². The number of nitrogens with zero attached hydrogens (tertiary/aromatic N) is 2. The van der Waals surface area contributed by atoms with E-state index in [0.717, 1.165) is 24.5 Å². The topological polar surface area (TPSA) is 183 Å². The van der Waals surface area contributed by atoms with Crippen LogP contribution in [0.2, 0.25) is 0 Å². The van der Waals surface area contributed by atoms with Gasteiger partial charge < -0.3 is 25.6 Å². The largest absolute Gasteiger partial charge is 0.490 e. The molecule has 2 aromatic carbocycles. The molecule has 0 bridgehead atoms. The summed E-state index contributed by atoms with van der Waals surface area (Å²) in [5.41, 5.74) is -0.813. The third kappa shape index (κ3) is 6.74. The highest BCUT2D eigenvalue weighted by Crippen LogP contribution is 2.47. The number of alkyl halides is 3. The SMILES string of the molecule is C[C@]1(C(N)=O)COc2c1cc([C@@](O)(CNC(=O)c1cc(OCCNS(C)(=O)=O)c3ncccc3c1)C(F)(F)F)nc2-c1ccc(F)cc1. The molecular formula is C31H29F4N5O7S. The van der Waals surface area contributed by atoms with Gasteiger partial charge in [0.1, 0.15) is 47.2 Å². The van der Waals surface area contributed by atoms with Crippen molar-refractivity contribution in [2.45, 2.75) is 24.1 Å². The number of rotatable bonds is 11. The monoisotopic (exact) mass is 691 g/mol. The Hall–Kier alpha value is -4.87. The van der Waals surface area contributed by atoms with Gasteiger partial charge in [-0.15, -0.1) is 0 Å². The molecule has 0 saturated heterocycles. The Bertz CT molecular complexity index is 2010. The minimum absolute atomic E-state index is 0.0506. The average Bonchev–Trinajstić information content (AvgIpc) is 3.38. The number of fused-ring (bicyclic) bond motifs is 2. The van der Waals surface area contributed by atoms with Gasteiger partial charge in [0.15, 0.2) is 0 Å². The number of hydrogen-bond acceptors (Lipinski definition) is 9. The van der Waals surface area contributed by atoms with Gasteiger partial charge in [0.2, 0.25) is 21.5 Å². The number of sulfonamides is 1. The fraction of sp³-hybridized carbons (Fsp3) is 0.290. The molecule has 2 atom stereocenters. The molecule has 0 unspecified atom stereocenters. The maximum absolute atomic E-state index is 14.8. The van der Waals surface area contributed by atoms with Crippen LogP contribution in [-0.2, 0) is 25.8 Å². The molecule has 0 spiro atoms. The first-order valence-corrected chi connectivity index (χ1v) is 16.1. The van der Waals surface area contributed by atoms with E-state index in [-0.39, 0.29) is 53.6 Å². The Morgan fingerprint density at radius 2 is 1.85 bits per heavy atom. The quantitative estimate of drug-likeness (QED) is 0.136. The molecule has 5 N–H and O–H groups in total. The summed E-state index contributed by atoms with van der Waals surface area (Å²) in [5.74, 6) is -2.60. The van der Waals surface area contributed by atoms with Crippen LogP contribution >= 0.6 is 0 Å². The lowest BCUT2D eigenvalue weighted by molar-refractivity contribution is -0.265. The molecule has 0 aliphatic carbocycles. The van der Waals surface area contributed by atoms with Gasteiger partial charge in [-0.25, -0.2) is 22.5 Å². The van der Waals surface area contributed by atoms with Crippen LogP contribution in [0.4, 0.5) is 17.6 Å². The number of ether oxygens (including phenoxy) is 2. The van der Waals surface area contributed by atoms with Crippen molar-refractivity contribution < 1.29 is 50.1 Å². The lowest BCUT2D eigenvalue weighted by atomic mass is 9.81. The van der Waals surface area contributed by atoms with Gasteiger partial charge in [-0.2, -0.15) is 13.2 Å². The molecule has 0 fully saturated rings. The Kier molecular flexibility index (Phi) is 9.07. The molecule has 12 nitrogen and oxygen atoms in total. The van der Waals surface area contributed by atoms with Gasteiger partial charge in [-0.1, -0.05) is 6.07 Å². The van der Waals surface area contributed by atoms with E-state index in [1.807, 2.05) is 0 Å². The number of aromatic nitrogens is 2. The van der Waals surface area contributed by atoms with Crippen LogP contribution in [0.3, 0.4) is 0 Å². The molecule has 2 aromatic heterocycles. The number of carbonyl (C=O) groups is 2. The summed E-state index contributed by atoms with van der Waals surface area (Å²) < 4.78 is 94.3. The van der Waals surface area contributed by atoms with Crippen LogP contribution in [0.5, 0.6) is 11.5 Å². The van der Waals surface area contributed by atoms with Crippen molar-refractivity contribution in [1.82, 2.24) is 20.0 Å². The van der Waals surface area contributed by atoms with E-state index in [2.05, 4.69) is 20.0 Å². The van der Waals surface area contributed by atoms with Crippen molar-refractivity contribution in [3.8, 4) is 22.8 Å². The van der Waals surface area contributed by atoms with Crippen molar-refractivity contribution in [2.24, 2.45) is 5.73 Å². The van der Waals surface area contributed by atoms with Gasteiger partial charge >= 0.3 is 6.18 Å². The molecule has 1 aliphatic heterocycles. The molecule has 1 aliphatic rings. The maximum Gasteiger partial charge on any atom is 0.424 e.